The minimum Gasteiger partial charge on any atom is -0.461 e. The molecule has 0 aliphatic heterocycles. The molecule has 0 fully saturated rings. The van der Waals surface area contributed by atoms with E-state index in [4.69, 9.17) is 10.00 Å². The lowest BCUT2D eigenvalue weighted by atomic mass is 10.2. The Kier molecular flexibility index (Phi) is 2.98. The number of rotatable bonds is 2. The van der Waals surface area contributed by atoms with E-state index in [1.807, 2.05) is 6.07 Å². The Morgan fingerprint density at radius 3 is 3.15 bits per heavy atom. The van der Waals surface area contributed by atoms with Crippen LogP contribution in [0.5, 0.6) is 0 Å². The summed E-state index contributed by atoms with van der Waals surface area (Å²) in [6, 6.07) is 5.31. The largest absolute Gasteiger partial charge is 0.461 e. The summed E-state index contributed by atoms with van der Waals surface area (Å²) < 4.78 is 4.74. The minimum atomic E-state index is -0.368. The van der Waals surface area contributed by atoms with Gasteiger partial charge in [-0.15, -0.1) is 0 Å². The van der Waals surface area contributed by atoms with E-state index in [1.54, 1.807) is 12.1 Å². The topological polar surface area (TPSA) is 63.0 Å². The number of carbonyl (C=O) groups is 1. The Bertz CT molecular complexity index is 355. The van der Waals surface area contributed by atoms with Crippen LogP contribution in [0.2, 0.25) is 0 Å². The van der Waals surface area contributed by atoms with Gasteiger partial charge in [0.05, 0.1) is 0 Å². The number of ether oxygens (including phenoxy) is 1. The Labute approximate surface area is 75.8 Å². The van der Waals surface area contributed by atoms with E-state index >= 15 is 0 Å². The second-order valence-electron chi connectivity index (χ2n) is 2.40. The molecule has 1 rings (SSSR count). The molecule has 13 heavy (non-hydrogen) atoms. The zero-order chi connectivity index (χ0) is 9.68. The fraction of sp³-hybridized carbons (Fsp3) is 0.222. The molecule has 66 valence electrons. The van der Waals surface area contributed by atoms with E-state index < -0.39 is 0 Å². The predicted molar refractivity (Wildman–Crippen MR) is 44.4 cm³/mol. The van der Waals surface area contributed by atoms with Gasteiger partial charge in [-0.2, -0.15) is 5.26 Å². The van der Waals surface area contributed by atoms with Crippen molar-refractivity contribution in [2.75, 3.05) is 0 Å². The van der Waals surface area contributed by atoms with Crippen LogP contribution in [-0.4, -0.2) is 11.0 Å². The van der Waals surface area contributed by atoms with Crippen LogP contribution in [0.15, 0.2) is 18.3 Å². The lowest BCUT2D eigenvalue weighted by Crippen LogP contribution is -2.01. The van der Waals surface area contributed by atoms with E-state index in [2.05, 4.69) is 4.98 Å². The Balaban J connectivity index is 2.77. The minimum absolute atomic E-state index is 0.103. The van der Waals surface area contributed by atoms with E-state index in [9.17, 15) is 4.79 Å². The molecule has 4 heteroatoms. The van der Waals surface area contributed by atoms with Gasteiger partial charge < -0.3 is 4.74 Å². The lowest BCUT2D eigenvalue weighted by Gasteiger charge is -2.02. The van der Waals surface area contributed by atoms with Crippen LogP contribution in [0, 0.1) is 11.3 Å². The zero-order valence-corrected chi connectivity index (χ0v) is 7.15. The van der Waals surface area contributed by atoms with Crippen LogP contribution in [0.25, 0.3) is 0 Å². The molecule has 0 spiro atoms. The van der Waals surface area contributed by atoms with Gasteiger partial charge in [0.1, 0.15) is 18.4 Å². The first-order valence-electron chi connectivity index (χ1n) is 3.71. The third-order valence-corrected chi connectivity index (χ3v) is 1.43. The summed E-state index contributed by atoms with van der Waals surface area (Å²) in [7, 11) is 0. The van der Waals surface area contributed by atoms with Crippen molar-refractivity contribution in [3.8, 4) is 6.07 Å². The molecule has 0 atom stereocenters. The van der Waals surface area contributed by atoms with Crippen molar-refractivity contribution >= 4 is 5.97 Å². The molecule has 1 aromatic heterocycles. The Morgan fingerprint density at radius 2 is 2.54 bits per heavy atom. The van der Waals surface area contributed by atoms with Crippen molar-refractivity contribution in [2.24, 2.45) is 0 Å². The molecule has 0 aliphatic carbocycles. The maximum atomic E-state index is 10.5. The SMILES string of the molecule is CC(=O)OCc1cccnc1C#N. The summed E-state index contributed by atoms with van der Waals surface area (Å²) in [4.78, 5) is 14.3. The molecule has 0 bridgehead atoms. The fourth-order valence-corrected chi connectivity index (χ4v) is 0.835. The van der Waals surface area contributed by atoms with Gasteiger partial charge in [-0.25, -0.2) is 4.98 Å². The van der Waals surface area contributed by atoms with Gasteiger partial charge in [0.2, 0.25) is 0 Å². The summed E-state index contributed by atoms with van der Waals surface area (Å²) in [5.41, 5.74) is 0.920. The molecule has 0 N–H and O–H groups in total. The number of esters is 1. The maximum absolute atomic E-state index is 10.5. The standard InChI is InChI=1S/C9H8N2O2/c1-7(12)13-6-8-3-2-4-11-9(8)5-10/h2-4H,6H2,1H3. The smallest absolute Gasteiger partial charge is 0.302 e. The molecule has 1 aromatic rings. The summed E-state index contributed by atoms with van der Waals surface area (Å²) in [6.07, 6.45) is 1.52. The van der Waals surface area contributed by atoms with Crippen molar-refractivity contribution in [2.45, 2.75) is 13.5 Å². The van der Waals surface area contributed by atoms with Gasteiger partial charge in [-0.3, -0.25) is 4.79 Å². The number of aromatic nitrogens is 1. The van der Waals surface area contributed by atoms with Gasteiger partial charge in [-0.1, -0.05) is 6.07 Å². The Hall–Kier alpha value is -1.89. The van der Waals surface area contributed by atoms with Crippen molar-refractivity contribution in [3.63, 3.8) is 0 Å². The lowest BCUT2D eigenvalue weighted by molar-refractivity contribution is -0.142. The maximum Gasteiger partial charge on any atom is 0.302 e. The van der Waals surface area contributed by atoms with Crippen molar-refractivity contribution < 1.29 is 9.53 Å². The van der Waals surface area contributed by atoms with Gasteiger partial charge in [-0.05, 0) is 6.07 Å². The average Bonchev–Trinajstić information content (AvgIpc) is 2.15. The van der Waals surface area contributed by atoms with Crippen LogP contribution in [0.1, 0.15) is 18.2 Å². The first-order chi connectivity index (χ1) is 6.24. The quantitative estimate of drug-likeness (QED) is 0.631. The second kappa shape index (κ2) is 4.21. The van der Waals surface area contributed by atoms with Crippen molar-refractivity contribution in [1.29, 1.82) is 5.26 Å². The first-order valence-corrected chi connectivity index (χ1v) is 3.71. The Morgan fingerprint density at radius 1 is 1.77 bits per heavy atom. The highest BCUT2D eigenvalue weighted by Crippen LogP contribution is 2.05. The van der Waals surface area contributed by atoms with E-state index in [0.29, 0.717) is 11.3 Å². The molecular formula is C9H8N2O2. The van der Waals surface area contributed by atoms with Crippen LogP contribution < -0.4 is 0 Å². The summed E-state index contributed by atoms with van der Waals surface area (Å²) in [6.45, 7) is 1.43. The predicted octanol–water partition coefficient (Wildman–Crippen LogP) is 1.02. The van der Waals surface area contributed by atoms with Crippen LogP contribution in [0.3, 0.4) is 0 Å². The number of carbonyl (C=O) groups excluding carboxylic acids is 1. The number of nitriles is 1. The van der Waals surface area contributed by atoms with Crippen molar-refractivity contribution in [3.05, 3.63) is 29.6 Å². The molecule has 0 amide bonds. The van der Waals surface area contributed by atoms with Gasteiger partial charge in [0.25, 0.3) is 0 Å². The zero-order valence-electron chi connectivity index (χ0n) is 7.15. The van der Waals surface area contributed by atoms with Gasteiger partial charge >= 0.3 is 5.97 Å². The van der Waals surface area contributed by atoms with Crippen LogP contribution in [-0.2, 0) is 16.1 Å². The molecule has 0 aliphatic rings. The molecule has 0 radical (unpaired) electrons. The number of nitrogens with zero attached hydrogens (tertiary/aromatic N) is 2. The molecule has 0 saturated heterocycles. The van der Waals surface area contributed by atoms with E-state index in [-0.39, 0.29) is 12.6 Å². The summed E-state index contributed by atoms with van der Waals surface area (Å²) >= 11 is 0. The highest BCUT2D eigenvalue weighted by molar-refractivity contribution is 5.65. The van der Waals surface area contributed by atoms with Gasteiger partial charge in [0, 0.05) is 18.7 Å². The third kappa shape index (κ3) is 2.56. The van der Waals surface area contributed by atoms with Crippen molar-refractivity contribution in [1.82, 2.24) is 4.98 Å². The number of hydrogen-bond donors (Lipinski definition) is 0. The van der Waals surface area contributed by atoms with Gasteiger partial charge in [0.15, 0.2) is 0 Å². The molecule has 0 unspecified atom stereocenters. The first kappa shape index (κ1) is 9.20. The highest BCUT2D eigenvalue weighted by atomic mass is 16.5. The third-order valence-electron chi connectivity index (χ3n) is 1.43. The normalized spacial score (nSPS) is 8.92. The monoisotopic (exact) mass is 176 g/mol. The second-order valence-corrected chi connectivity index (χ2v) is 2.40. The number of pyridine rings is 1. The molecule has 4 nitrogen and oxygen atoms in total. The highest BCUT2D eigenvalue weighted by Gasteiger charge is 2.02. The molecular weight excluding hydrogens is 168 g/mol. The molecule has 1 heterocycles. The fourth-order valence-electron chi connectivity index (χ4n) is 0.835. The van der Waals surface area contributed by atoms with E-state index in [0.717, 1.165) is 0 Å². The summed E-state index contributed by atoms with van der Waals surface area (Å²) in [5.74, 6) is -0.368. The molecule has 0 saturated carbocycles. The van der Waals surface area contributed by atoms with E-state index in [1.165, 1.54) is 13.1 Å². The summed E-state index contributed by atoms with van der Waals surface area (Å²) in [5, 5.41) is 8.63. The average molecular weight is 176 g/mol. The molecule has 0 aromatic carbocycles. The van der Waals surface area contributed by atoms with Crippen LogP contribution in [0.4, 0.5) is 0 Å². The number of hydrogen-bond acceptors (Lipinski definition) is 4. The van der Waals surface area contributed by atoms with Crippen LogP contribution >= 0.6 is 0 Å².